The van der Waals surface area contributed by atoms with Crippen LogP contribution in [0, 0.1) is 0 Å². The molecule has 0 radical (unpaired) electrons. The molecule has 5 nitrogen and oxygen atoms in total. The summed E-state index contributed by atoms with van der Waals surface area (Å²) in [6.45, 7) is 7.07. The topological polar surface area (TPSA) is 75.6 Å². The van der Waals surface area contributed by atoms with Crippen molar-refractivity contribution in [2.24, 2.45) is 0 Å². The van der Waals surface area contributed by atoms with Crippen LogP contribution in [0.2, 0.25) is 0 Å². The molecule has 0 saturated heterocycles. The van der Waals surface area contributed by atoms with Crippen molar-refractivity contribution < 1.29 is 20.9 Å². The molecule has 1 rings (SSSR count). The Bertz CT molecular complexity index is 421. The highest BCUT2D eigenvalue weighted by atomic mass is 16.5. The van der Waals surface area contributed by atoms with Gasteiger partial charge in [0, 0.05) is 1.43 Å². The second-order valence-electron chi connectivity index (χ2n) is 4.43. The van der Waals surface area contributed by atoms with Gasteiger partial charge in [-0.05, 0) is 19.4 Å². The fourth-order valence-electron chi connectivity index (χ4n) is 1.27. The predicted molar refractivity (Wildman–Crippen MR) is 79.4 cm³/mol. The van der Waals surface area contributed by atoms with Gasteiger partial charge in [0.2, 0.25) is 0 Å². The minimum absolute atomic E-state index is 0. The zero-order chi connectivity index (χ0) is 15.6. The monoisotopic (exact) mass is 283 g/mol. The number of carbonyl (C=O) groups is 2. The molecule has 0 aliphatic rings. The molecule has 0 aliphatic heterocycles. The lowest BCUT2D eigenvalue weighted by atomic mass is 10.1. The van der Waals surface area contributed by atoms with Crippen molar-refractivity contribution in [3.05, 3.63) is 35.9 Å². The van der Waals surface area contributed by atoms with Crippen LogP contribution in [0.25, 0.3) is 0 Å². The standard InChI is InChI=1S/C13H17NO4.C2H6.H2/c1-13(2,14-8-11(15)16)12(17)18-9-10-6-4-3-5-7-10;1-2;/h3-7,14H,8-9H2,1-2H3,(H,15,16);1-2H3;1H. The van der Waals surface area contributed by atoms with Crippen LogP contribution in [0.5, 0.6) is 0 Å². The highest BCUT2D eigenvalue weighted by molar-refractivity contribution is 5.80. The number of hydrogen-bond donors (Lipinski definition) is 2. The number of rotatable bonds is 6. The molecule has 0 fully saturated rings. The van der Waals surface area contributed by atoms with Crippen LogP contribution in [-0.2, 0) is 20.9 Å². The van der Waals surface area contributed by atoms with E-state index in [0.717, 1.165) is 5.56 Å². The summed E-state index contributed by atoms with van der Waals surface area (Å²) in [4.78, 5) is 22.2. The highest BCUT2D eigenvalue weighted by Gasteiger charge is 2.29. The minimum atomic E-state index is -1.02. The summed E-state index contributed by atoms with van der Waals surface area (Å²) in [6, 6.07) is 9.30. The molecule has 20 heavy (non-hydrogen) atoms. The molecule has 0 atom stereocenters. The molecule has 1 aromatic carbocycles. The van der Waals surface area contributed by atoms with E-state index in [1.807, 2.05) is 44.2 Å². The van der Waals surface area contributed by atoms with E-state index in [-0.39, 0.29) is 14.6 Å². The normalized spacial score (nSPS) is 10.2. The van der Waals surface area contributed by atoms with Gasteiger partial charge in [-0.2, -0.15) is 0 Å². The molecule has 114 valence electrons. The van der Waals surface area contributed by atoms with Gasteiger partial charge in [-0.1, -0.05) is 44.2 Å². The van der Waals surface area contributed by atoms with Gasteiger partial charge in [-0.15, -0.1) is 0 Å². The SMILES string of the molecule is CC.CC(C)(NCC(=O)O)C(=O)OCc1ccccc1.[HH]. The number of esters is 1. The quantitative estimate of drug-likeness (QED) is 0.784. The van der Waals surface area contributed by atoms with Crippen LogP contribution in [0.4, 0.5) is 0 Å². The number of benzene rings is 1. The van der Waals surface area contributed by atoms with Crippen molar-refractivity contribution >= 4 is 11.9 Å². The van der Waals surface area contributed by atoms with E-state index in [1.165, 1.54) is 0 Å². The van der Waals surface area contributed by atoms with E-state index in [9.17, 15) is 9.59 Å². The highest BCUT2D eigenvalue weighted by Crippen LogP contribution is 2.08. The Morgan fingerprint density at radius 3 is 2.30 bits per heavy atom. The summed E-state index contributed by atoms with van der Waals surface area (Å²) in [5.74, 6) is -1.49. The van der Waals surface area contributed by atoms with Crippen molar-refractivity contribution in [3.8, 4) is 0 Å². The van der Waals surface area contributed by atoms with Gasteiger partial charge in [0.25, 0.3) is 0 Å². The van der Waals surface area contributed by atoms with Gasteiger partial charge < -0.3 is 9.84 Å². The van der Waals surface area contributed by atoms with Crippen molar-refractivity contribution in [1.82, 2.24) is 5.32 Å². The Morgan fingerprint density at radius 2 is 1.80 bits per heavy atom. The third-order valence-electron chi connectivity index (χ3n) is 2.40. The number of nitrogens with one attached hydrogen (secondary N) is 1. The van der Waals surface area contributed by atoms with Crippen molar-refractivity contribution in [2.75, 3.05) is 6.54 Å². The van der Waals surface area contributed by atoms with Crippen LogP contribution < -0.4 is 5.32 Å². The van der Waals surface area contributed by atoms with Gasteiger partial charge in [0.1, 0.15) is 12.1 Å². The first-order valence-electron chi connectivity index (χ1n) is 6.60. The summed E-state index contributed by atoms with van der Waals surface area (Å²) in [6.07, 6.45) is 0. The fraction of sp³-hybridized carbons (Fsp3) is 0.467. The summed E-state index contributed by atoms with van der Waals surface area (Å²) in [5.41, 5.74) is -0.132. The maximum Gasteiger partial charge on any atom is 0.326 e. The van der Waals surface area contributed by atoms with Crippen molar-refractivity contribution in [1.29, 1.82) is 0 Å². The van der Waals surface area contributed by atoms with E-state index < -0.39 is 17.5 Å². The average molecular weight is 283 g/mol. The van der Waals surface area contributed by atoms with E-state index in [2.05, 4.69) is 5.32 Å². The molecule has 0 saturated carbocycles. The Hall–Kier alpha value is -1.88. The minimum Gasteiger partial charge on any atom is -0.480 e. The maximum atomic E-state index is 11.8. The molecule has 0 unspecified atom stereocenters. The zero-order valence-electron chi connectivity index (χ0n) is 12.5. The van der Waals surface area contributed by atoms with Crippen LogP contribution in [0.15, 0.2) is 30.3 Å². The first-order chi connectivity index (χ1) is 9.42. The van der Waals surface area contributed by atoms with Gasteiger partial charge in [-0.3, -0.25) is 14.9 Å². The molecule has 2 N–H and O–H groups in total. The second kappa shape index (κ2) is 9.09. The molecule has 0 spiro atoms. The number of aliphatic carboxylic acids is 1. The lowest BCUT2D eigenvalue weighted by Gasteiger charge is -2.23. The van der Waals surface area contributed by atoms with Crippen LogP contribution >= 0.6 is 0 Å². The van der Waals surface area contributed by atoms with E-state index in [4.69, 9.17) is 9.84 Å². The lowest BCUT2D eigenvalue weighted by molar-refractivity contribution is -0.152. The molecular weight excluding hydrogens is 258 g/mol. The number of carboxylic acid groups (broad SMARTS) is 1. The third-order valence-corrected chi connectivity index (χ3v) is 2.40. The number of hydrogen-bond acceptors (Lipinski definition) is 4. The lowest BCUT2D eigenvalue weighted by Crippen LogP contribution is -2.49. The predicted octanol–water partition coefficient (Wildman–Crippen LogP) is 2.45. The number of carbonyl (C=O) groups excluding carboxylic acids is 1. The maximum absolute atomic E-state index is 11.8. The average Bonchev–Trinajstić information content (AvgIpc) is 2.46. The molecule has 0 aromatic heterocycles. The fourth-order valence-corrected chi connectivity index (χ4v) is 1.27. The summed E-state index contributed by atoms with van der Waals surface area (Å²) in [7, 11) is 0. The van der Waals surface area contributed by atoms with Crippen molar-refractivity contribution in [3.63, 3.8) is 0 Å². The van der Waals surface area contributed by atoms with E-state index in [0.29, 0.717) is 0 Å². The first-order valence-corrected chi connectivity index (χ1v) is 6.60. The largest absolute Gasteiger partial charge is 0.480 e. The molecule has 0 aliphatic carbocycles. The summed E-state index contributed by atoms with van der Waals surface area (Å²) >= 11 is 0. The number of carboxylic acids is 1. The molecule has 0 bridgehead atoms. The third kappa shape index (κ3) is 6.89. The Balaban J connectivity index is 0. The first kappa shape index (κ1) is 18.1. The Labute approximate surface area is 121 Å². The Morgan fingerprint density at radius 1 is 1.25 bits per heavy atom. The summed E-state index contributed by atoms with van der Waals surface area (Å²) < 4.78 is 5.13. The van der Waals surface area contributed by atoms with Gasteiger partial charge in [0.05, 0.1) is 6.54 Å². The Kier molecular flexibility index (Phi) is 8.24. The van der Waals surface area contributed by atoms with Crippen LogP contribution in [0.3, 0.4) is 0 Å². The summed E-state index contributed by atoms with van der Waals surface area (Å²) in [5, 5.41) is 11.2. The van der Waals surface area contributed by atoms with Gasteiger partial charge in [-0.25, -0.2) is 0 Å². The van der Waals surface area contributed by atoms with Crippen LogP contribution in [-0.4, -0.2) is 29.1 Å². The molecule has 1 aromatic rings. The zero-order valence-corrected chi connectivity index (χ0v) is 12.5. The van der Waals surface area contributed by atoms with Gasteiger partial charge in [0.15, 0.2) is 0 Å². The molecular formula is C15H25NO4. The van der Waals surface area contributed by atoms with Crippen LogP contribution in [0.1, 0.15) is 34.7 Å². The molecule has 0 amide bonds. The second-order valence-corrected chi connectivity index (χ2v) is 4.43. The molecule has 0 heterocycles. The van der Waals surface area contributed by atoms with Crippen molar-refractivity contribution in [2.45, 2.75) is 39.8 Å². The van der Waals surface area contributed by atoms with Gasteiger partial charge >= 0.3 is 11.9 Å². The van der Waals surface area contributed by atoms with E-state index in [1.54, 1.807) is 13.8 Å². The molecule has 5 heteroatoms. The number of ether oxygens (including phenoxy) is 1. The smallest absolute Gasteiger partial charge is 0.326 e. The van der Waals surface area contributed by atoms with E-state index >= 15 is 0 Å².